The van der Waals surface area contributed by atoms with Gasteiger partial charge in [0.05, 0.1) is 5.02 Å². The summed E-state index contributed by atoms with van der Waals surface area (Å²) in [6, 6.07) is 0. The van der Waals surface area contributed by atoms with Crippen molar-refractivity contribution in [2.24, 2.45) is 5.92 Å². The van der Waals surface area contributed by atoms with E-state index in [-0.39, 0.29) is 5.91 Å². The van der Waals surface area contributed by atoms with E-state index in [4.69, 9.17) is 23.2 Å². The monoisotopic (exact) mass is 293 g/mol. The number of carbonyl (C=O) groups excluding carboxylic acids is 1. The summed E-state index contributed by atoms with van der Waals surface area (Å²) in [4.78, 5) is 12.4. The Bertz CT molecular complexity index is 379. The van der Waals surface area contributed by atoms with E-state index in [9.17, 15) is 4.79 Å². The fourth-order valence-corrected chi connectivity index (χ4v) is 2.74. The number of aryl methyl sites for hydroxylation is 1. The number of halogens is 2. The highest BCUT2D eigenvalue weighted by Gasteiger charge is 2.13. The molecule has 1 rings (SSSR count). The highest BCUT2D eigenvalue weighted by Crippen LogP contribution is 2.26. The van der Waals surface area contributed by atoms with Crippen LogP contribution in [0.2, 0.25) is 5.02 Å². The van der Waals surface area contributed by atoms with Crippen molar-refractivity contribution >= 4 is 40.4 Å². The third-order valence-corrected chi connectivity index (χ3v) is 4.75. The first-order valence-corrected chi connectivity index (χ1v) is 7.43. The molecule has 0 saturated heterocycles. The van der Waals surface area contributed by atoms with E-state index in [1.54, 1.807) is 0 Å². The Morgan fingerprint density at radius 2 is 2.29 bits per heavy atom. The topological polar surface area (TPSA) is 29.1 Å². The van der Waals surface area contributed by atoms with Crippen LogP contribution in [0.15, 0.2) is 5.38 Å². The molecule has 0 bridgehead atoms. The average Bonchev–Trinajstić information content (AvgIpc) is 2.65. The quantitative estimate of drug-likeness (QED) is 0.621. The second kappa shape index (κ2) is 7.24. The largest absolute Gasteiger partial charge is 0.351 e. The van der Waals surface area contributed by atoms with Crippen molar-refractivity contribution in [1.82, 2.24) is 5.32 Å². The van der Waals surface area contributed by atoms with Crippen molar-refractivity contribution in [2.75, 3.05) is 12.4 Å². The molecule has 0 radical (unpaired) electrons. The molecule has 1 aromatic heterocycles. The smallest absolute Gasteiger partial charge is 0.262 e. The summed E-state index contributed by atoms with van der Waals surface area (Å²) >= 11 is 13.1. The second-order valence-corrected chi connectivity index (χ2v) is 5.79. The summed E-state index contributed by atoms with van der Waals surface area (Å²) in [7, 11) is 0. The van der Waals surface area contributed by atoms with Crippen LogP contribution in [-0.4, -0.2) is 18.3 Å². The normalized spacial score (nSPS) is 12.5. The molecule has 1 atom stereocenters. The van der Waals surface area contributed by atoms with Gasteiger partial charge in [0.1, 0.15) is 4.88 Å². The summed E-state index contributed by atoms with van der Waals surface area (Å²) in [5, 5.41) is 5.34. The number of thiophene rings is 1. The molecule has 5 heteroatoms. The van der Waals surface area contributed by atoms with Gasteiger partial charge in [-0.3, -0.25) is 4.79 Å². The van der Waals surface area contributed by atoms with Gasteiger partial charge in [0.15, 0.2) is 0 Å². The standard InChI is InChI=1S/C12H17Cl2NOS/c1-8(6-13)4-3-5-15-12(16)11-10(14)9(2)7-17-11/h7-8H,3-6H2,1-2H3,(H,15,16). The molecule has 1 amide bonds. The van der Waals surface area contributed by atoms with E-state index in [2.05, 4.69) is 12.2 Å². The minimum Gasteiger partial charge on any atom is -0.351 e. The van der Waals surface area contributed by atoms with Gasteiger partial charge in [-0.2, -0.15) is 0 Å². The number of carbonyl (C=O) groups is 1. The molecule has 0 saturated carbocycles. The fraction of sp³-hybridized carbons (Fsp3) is 0.583. The molecule has 0 aliphatic rings. The van der Waals surface area contributed by atoms with Gasteiger partial charge < -0.3 is 5.32 Å². The highest BCUT2D eigenvalue weighted by atomic mass is 35.5. The van der Waals surface area contributed by atoms with Gasteiger partial charge in [0.25, 0.3) is 5.91 Å². The van der Waals surface area contributed by atoms with Crippen LogP contribution in [0.3, 0.4) is 0 Å². The minimum atomic E-state index is -0.0772. The third-order valence-electron chi connectivity index (χ3n) is 2.53. The first kappa shape index (κ1) is 14.8. The predicted molar refractivity (Wildman–Crippen MR) is 75.5 cm³/mol. The van der Waals surface area contributed by atoms with Crippen LogP contribution < -0.4 is 5.32 Å². The van der Waals surface area contributed by atoms with E-state index in [0.29, 0.717) is 28.2 Å². The number of hydrogen-bond donors (Lipinski definition) is 1. The maximum atomic E-state index is 11.8. The molecule has 2 nitrogen and oxygen atoms in total. The average molecular weight is 294 g/mol. The van der Waals surface area contributed by atoms with Gasteiger partial charge in [0, 0.05) is 12.4 Å². The van der Waals surface area contributed by atoms with Crippen LogP contribution in [0, 0.1) is 12.8 Å². The Hall–Kier alpha value is -0.250. The Morgan fingerprint density at radius 3 is 2.82 bits per heavy atom. The molecule has 1 aromatic rings. The van der Waals surface area contributed by atoms with Gasteiger partial charge in [-0.15, -0.1) is 22.9 Å². The van der Waals surface area contributed by atoms with E-state index >= 15 is 0 Å². The van der Waals surface area contributed by atoms with Crippen LogP contribution in [0.25, 0.3) is 0 Å². The third kappa shape index (κ3) is 4.49. The number of alkyl halides is 1. The molecule has 0 spiro atoms. The second-order valence-electron chi connectivity index (χ2n) is 4.22. The highest BCUT2D eigenvalue weighted by molar-refractivity contribution is 7.13. The maximum Gasteiger partial charge on any atom is 0.262 e. The summed E-state index contributed by atoms with van der Waals surface area (Å²) in [6.45, 7) is 4.68. The number of hydrogen-bond acceptors (Lipinski definition) is 2. The lowest BCUT2D eigenvalue weighted by Gasteiger charge is -2.07. The van der Waals surface area contributed by atoms with Gasteiger partial charge >= 0.3 is 0 Å². The van der Waals surface area contributed by atoms with Crippen molar-refractivity contribution in [3.05, 3.63) is 20.8 Å². The SMILES string of the molecule is Cc1csc(C(=O)NCCCC(C)CCl)c1Cl. The molecular weight excluding hydrogens is 277 g/mol. The molecule has 1 unspecified atom stereocenters. The fourth-order valence-electron chi connectivity index (χ4n) is 1.39. The lowest BCUT2D eigenvalue weighted by atomic mass is 10.1. The molecule has 96 valence electrons. The summed E-state index contributed by atoms with van der Waals surface area (Å²) in [5.41, 5.74) is 0.956. The Labute approximate surface area is 116 Å². The van der Waals surface area contributed by atoms with Crippen molar-refractivity contribution in [3.63, 3.8) is 0 Å². The predicted octanol–water partition coefficient (Wildman–Crippen LogP) is 4.09. The van der Waals surface area contributed by atoms with E-state index in [0.717, 1.165) is 18.4 Å². The molecule has 17 heavy (non-hydrogen) atoms. The van der Waals surface area contributed by atoms with E-state index in [1.165, 1.54) is 11.3 Å². The molecule has 0 aliphatic carbocycles. The Morgan fingerprint density at radius 1 is 1.59 bits per heavy atom. The zero-order chi connectivity index (χ0) is 12.8. The van der Waals surface area contributed by atoms with E-state index in [1.807, 2.05) is 12.3 Å². The molecular formula is C12H17Cl2NOS. The van der Waals surface area contributed by atoms with Crippen molar-refractivity contribution in [1.29, 1.82) is 0 Å². The van der Waals surface area contributed by atoms with Gasteiger partial charge in [-0.05, 0) is 36.6 Å². The molecule has 0 aromatic carbocycles. The van der Waals surface area contributed by atoms with Crippen LogP contribution in [0.4, 0.5) is 0 Å². The van der Waals surface area contributed by atoms with E-state index < -0.39 is 0 Å². The van der Waals surface area contributed by atoms with Gasteiger partial charge in [-0.25, -0.2) is 0 Å². The first-order chi connectivity index (χ1) is 8.06. The van der Waals surface area contributed by atoms with Crippen LogP contribution in [0.5, 0.6) is 0 Å². The zero-order valence-electron chi connectivity index (χ0n) is 10.1. The number of rotatable bonds is 6. The van der Waals surface area contributed by atoms with Crippen LogP contribution in [0.1, 0.15) is 35.0 Å². The minimum absolute atomic E-state index is 0.0772. The van der Waals surface area contributed by atoms with Gasteiger partial charge in [0.2, 0.25) is 0 Å². The van der Waals surface area contributed by atoms with Gasteiger partial charge in [-0.1, -0.05) is 18.5 Å². The molecule has 1 N–H and O–H groups in total. The summed E-state index contributed by atoms with van der Waals surface area (Å²) in [6.07, 6.45) is 1.97. The van der Waals surface area contributed by atoms with Crippen LogP contribution in [-0.2, 0) is 0 Å². The molecule has 0 fully saturated rings. The lowest BCUT2D eigenvalue weighted by molar-refractivity contribution is 0.0956. The zero-order valence-corrected chi connectivity index (χ0v) is 12.4. The van der Waals surface area contributed by atoms with Crippen molar-refractivity contribution in [2.45, 2.75) is 26.7 Å². The maximum absolute atomic E-state index is 11.8. The summed E-state index contributed by atoms with van der Waals surface area (Å²) < 4.78 is 0. The Balaban J connectivity index is 2.33. The van der Waals surface area contributed by atoms with Crippen molar-refractivity contribution in [3.8, 4) is 0 Å². The first-order valence-electron chi connectivity index (χ1n) is 5.64. The number of nitrogens with one attached hydrogen (secondary N) is 1. The lowest BCUT2D eigenvalue weighted by Crippen LogP contribution is -2.24. The Kier molecular flexibility index (Phi) is 6.31. The van der Waals surface area contributed by atoms with Crippen molar-refractivity contribution < 1.29 is 4.79 Å². The molecule has 0 aliphatic heterocycles. The number of amides is 1. The molecule has 1 heterocycles. The summed E-state index contributed by atoms with van der Waals surface area (Å²) in [5.74, 6) is 1.09. The van der Waals surface area contributed by atoms with Crippen LogP contribution >= 0.6 is 34.5 Å².